The smallest absolute Gasteiger partial charge is 0.119 e. The van der Waals surface area contributed by atoms with Crippen LogP contribution in [0.1, 0.15) is 5.56 Å². The molecule has 0 bridgehead atoms. The van der Waals surface area contributed by atoms with Crippen molar-refractivity contribution in [2.45, 2.75) is 6.54 Å². The standard InChI is InChI=1S/C12H13N3O/c1-16-11-4-2-3-10(6-11)12-5-9(7-13)8-14-15-12/h2-6,8H,7,13H2,1H3. The van der Waals surface area contributed by atoms with E-state index in [4.69, 9.17) is 10.5 Å². The fourth-order valence-corrected chi connectivity index (χ4v) is 1.44. The van der Waals surface area contributed by atoms with Crippen LogP contribution in [0.25, 0.3) is 11.3 Å². The lowest BCUT2D eigenvalue weighted by Crippen LogP contribution is -1.99. The van der Waals surface area contributed by atoms with Crippen LogP contribution in [0.4, 0.5) is 0 Å². The van der Waals surface area contributed by atoms with E-state index in [0.29, 0.717) is 6.54 Å². The lowest BCUT2D eigenvalue weighted by Gasteiger charge is -2.04. The van der Waals surface area contributed by atoms with E-state index in [-0.39, 0.29) is 0 Å². The second kappa shape index (κ2) is 4.72. The minimum absolute atomic E-state index is 0.465. The van der Waals surface area contributed by atoms with Crippen molar-refractivity contribution in [1.82, 2.24) is 10.2 Å². The van der Waals surface area contributed by atoms with Crippen LogP contribution < -0.4 is 10.5 Å². The van der Waals surface area contributed by atoms with Gasteiger partial charge in [0.05, 0.1) is 19.0 Å². The molecule has 0 unspecified atom stereocenters. The van der Waals surface area contributed by atoms with Gasteiger partial charge in [-0.05, 0) is 23.8 Å². The van der Waals surface area contributed by atoms with Crippen molar-refractivity contribution in [1.29, 1.82) is 0 Å². The number of nitrogens with two attached hydrogens (primary N) is 1. The Morgan fingerprint density at radius 1 is 1.31 bits per heavy atom. The molecular formula is C12H13N3O. The highest BCUT2D eigenvalue weighted by Gasteiger charge is 2.02. The Morgan fingerprint density at radius 3 is 2.94 bits per heavy atom. The molecule has 1 aromatic carbocycles. The van der Waals surface area contributed by atoms with E-state index in [9.17, 15) is 0 Å². The van der Waals surface area contributed by atoms with Gasteiger partial charge in [0.2, 0.25) is 0 Å². The first-order chi connectivity index (χ1) is 7.83. The summed E-state index contributed by atoms with van der Waals surface area (Å²) in [5.74, 6) is 0.803. The van der Waals surface area contributed by atoms with Gasteiger partial charge in [-0.3, -0.25) is 0 Å². The van der Waals surface area contributed by atoms with Crippen LogP contribution in [-0.2, 0) is 6.54 Å². The van der Waals surface area contributed by atoms with E-state index in [2.05, 4.69) is 10.2 Å². The van der Waals surface area contributed by atoms with Crippen LogP contribution in [0.15, 0.2) is 36.5 Å². The largest absolute Gasteiger partial charge is 0.497 e. The van der Waals surface area contributed by atoms with E-state index in [1.807, 2.05) is 30.3 Å². The van der Waals surface area contributed by atoms with Crippen LogP contribution in [0, 0.1) is 0 Å². The molecule has 1 aromatic heterocycles. The Morgan fingerprint density at radius 2 is 2.19 bits per heavy atom. The first-order valence-corrected chi connectivity index (χ1v) is 4.99. The van der Waals surface area contributed by atoms with Crippen molar-refractivity contribution in [2.24, 2.45) is 5.73 Å². The Balaban J connectivity index is 2.41. The molecule has 16 heavy (non-hydrogen) atoms. The van der Waals surface area contributed by atoms with E-state index >= 15 is 0 Å². The molecule has 0 spiro atoms. The minimum atomic E-state index is 0.465. The van der Waals surface area contributed by atoms with Gasteiger partial charge in [-0.1, -0.05) is 12.1 Å². The molecule has 2 N–H and O–H groups in total. The number of hydrogen-bond acceptors (Lipinski definition) is 4. The Labute approximate surface area is 94.1 Å². The third-order valence-electron chi connectivity index (χ3n) is 2.31. The quantitative estimate of drug-likeness (QED) is 0.845. The van der Waals surface area contributed by atoms with Gasteiger partial charge in [0.1, 0.15) is 5.75 Å². The summed E-state index contributed by atoms with van der Waals surface area (Å²) >= 11 is 0. The molecule has 1 heterocycles. The minimum Gasteiger partial charge on any atom is -0.497 e. The molecule has 82 valence electrons. The summed E-state index contributed by atoms with van der Waals surface area (Å²) in [4.78, 5) is 0. The maximum absolute atomic E-state index is 5.56. The summed E-state index contributed by atoms with van der Waals surface area (Å²) in [6.07, 6.45) is 1.67. The number of aromatic nitrogens is 2. The highest BCUT2D eigenvalue weighted by atomic mass is 16.5. The van der Waals surface area contributed by atoms with Gasteiger partial charge in [-0.15, -0.1) is 0 Å². The fraction of sp³-hybridized carbons (Fsp3) is 0.167. The van der Waals surface area contributed by atoms with E-state index in [1.54, 1.807) is 13.3 Å². The number of hydrogen-bond donors (Lipinski definition) is 1. The van der Waals surface area contributed by atoms with Crippen molar-refractivity contribution in [3.63, 3.8) is 0 Å². The van der Waals surface area contributed by atoms with Crippen LogP contribution >= 0.6 is 0 Å². The SMILES string of the molecule is COc1cccc(-c2cc(CN)cnn2)c1. The zero-order valence-corrected chi connectivity index (χ0v) is 9.05. The van der Waals surface area contributed by atoms with E-state index < -0.39 is 0 Å². The molecule has 2 aromatic rings. The van der Waals surface area contributed by atoms with Crippen LogP contribution in [0.5, 0.6) is 5.75 Å². The monoisotopic (exact) mass is 215 g/mol. The number of nitrogens with zero attached hydrogens (tertiary/aromatic N) is 2. The molecule has 0 saturated carbocycles. The van der Waals surface area contributed by atoms with Gasteiger partial charge < -0.3 is 10.5 Å². The van der Waals surface area contributed by atoms with Gasteiger partial charge in [0, 0.05) is 12.1 Å². The second-order valence-electron chi connectivity index (χ2n) is 3.39. The van der Waals surface area contributed by atoms with Gasteiger partial charge in [0.15, 0.2) is 0 Å². The van der Waals surface area contributed by atoms with Crippen molar-refractivity contribution in [3.05, 3.63) is 42.1 Å². The third kappa shape index (κ3) is 2.17. The molecule has 0 aliphatic heterocycles. The maximum Gasteiger partial charge on any atom is 0.119 e. The number of ether oxygens (including phenoxy) is 1. The summed E-state index contributed by atoms with van der Waals surface area (Å²) in [5, 5.41) is 7.99. The molecule has 4 nitrogen and oxygen atoms in total. The van der Waals surface area contributed by atoms with Gasteiger partial charge in [0.25, 0.3) is 0 Å². The third-order valence-corrected chi connectivity index (χ3v) is 2.31. The normalized spacial score (nSPS) is 10.1. The predicted molar refractivity (Wildman–Crippen MR) is 61.9 cm³/mol. The van der Waals surface area contributed by atoms with Crippen LogP contribution in [-0.4, -0.2) is 17.3 Å². The summed E-state index contributed by atoms with van der Waals surface area (Å²) < 4.78 is 5.16. The molecule has 0 atom stereocenters. The summed E-state index contributed by atoms with van der Waals surface area (Å²) in [6.45, 7) is 0.465. The topological polar surface area (TPSA) is 61.0 Å². The molecule has 0 aliphatic carbocycles. The Hall–Kier alpha value is -1.94. The molecule has 0 saturated heterocycles. The average molecular weight is 215 g/mol. The molecule has 0 amide bonds. The van der Waals surface area contributed by atoms with E-state index in [1.165, 1.54) is 0 Å². The molecular weight excluding hydrogens is 202 g/mol. The van der Waals surface area contributed by atoms with Gasteiger partial charge in [-0.25, -0.2) is 0 Å². The molecule has 0 radical (unpaired) electrons. The van der Waals surface area contributed by atoms with Gasteiger partial charge >= 0.3 is 0 Å². The van der Waals surface area contributed by atoms with Crippen LogP contribution in [0.3, 0.4) is 0 Å². The van der Waals surface area contributed by atoms with Crippen molar-refractivity contribution in [2.75, 3.05) is 7.11 Å². The lowest BCUT2D eigenvalue weighted by molar-refractivity contribution is 0.415. The first kappa shape index (κ1) is 10.6. The number of methoxy groups -OCH3 is 1. The zero-order valence-electron chi connectivity index (χ0n) is 9.05. The predicted octanol–water partition coefficient (Wildman–Crippen LogP) is 1.61. The highest BCUT2D eigenvalue weighted by molar-refractivity contribution is 5.61. The van der Waals surface area contributed by atoms with Crippen molar-refractivity contribution < 1.29 is 4.74 Å². The van der Waals surface area contributed by atoms with Crippen molar-refractivity contribution >= 4 is 0 Å². The molecule has 0 aliphatic rings. The van der Waals surface area contributed by atoms with Crippen LogP contribution in [0.2, 0.25) is 0 Å². The number of benzene rings is 1. The molecule has 0 fully saturated rings. The fourth-order valence-electron chi connectivity index (χ4n) is 1.44. The summed E-state index contributed by atoms with van der Waals surface area (Å²) in [5.41, 5.74) is 8.31. The Kier molecular flexibility index (Phi) is 3.12. The first-order valence-electron chi connectivity index (χ1n) is 4.99. The Bertz CT molecular complexity index is 440. The molecule has 2 rings (SSSR count). The summed E-state index contributed by atoms with van der Waals surface area (Å²) in [7, 11) is 1.64. The van der Waals surface area contributed by atoms with Gasteiger partial charge in [-0.2, -0.15) is 10.2 Å². The zero-order chi connectivity index (χ0) is 11.4. The van der Waals surface area contributed by atoms with Crippen molar-refractivity contribution in [3.8, 4) is 17.0 Å². The summed E-state index contributed by atoms with van der Waals surface area (Å²) in [6, 6.07) is 9.63. The lowest BCUT2D eigenvalue weighted by atomic mass is 10.1. The van der Waals surface area contributed by atoms with E-state index in [0.717, 1.165) is 22.6 Å². The maximum atomic E-state index is 5.56. The highest BCUT2D eigenvalue weighted by Crippen LogP contribution is 2.21. The number of rotatable bonds is 3. The average Bonchev–Trinajstić information content (AvgIpc) is 2.39. The molecule has 4 heteroatoms. The second-order valence-corrected chi connectivity index (χ2v) is 3.39.